The largest absolute Gasteiger partial charge is 0.486 e. The van der Waals surface area contributed by atoms with E-state index in [2.05, 4.69) is 49.5 Å². The summed E-state index contributed by atoms with van der Waals surface area (Å²) in [5, 5.41) is 13.6. The highest BCUT2D eigenvalue weighted by molar-refractivity contribution is 5.83. The Balaban J connectivity index is 1.41. The fraction of sp³-hybridized carbons (Fsp3) is 0.385. The lowest BCUT2D eigenvalue weighted by atomic mass is 10.0. The third-order valence-electron chi connectivity index (χ3n) is 6.99. The average Bonchev–Trinajstić information content (AvgIpc) is 3.36. The minimum atomic E-state index is -0.370. The number of aromatic amines is 1. The number of fused-ring (bicyclic) bond motifs is 2. The molecule has 1 atom stereocenters. The Labute approximate surface area is 208 Å². The van der Waals surface area contributed by atoms with Crippen LogP contribution in [0, 0.1) is 0 Å². The van der Waals surface area contributed by atoms with E-state index >= 15 is 0 Å². The summed E-state index contributed by atoms with van der Waals surface area (Å²) in [6, 6.07) is 15.6. The van der Waals surface area contributed by atoms with Crippen LogP contribution in [-0.4, -0.2) is 81.4 Å². The lowest BCUT2D eigenvalue weighted by Crippen LogP contribution is -2.47. The van der Waals surface area contributed by atoms with Crippen molar-refractivity contribution >= 4 is 10.9 Å². The standard InChI is InChI=1S/C26H29N7O3/c1-31-9-11-32(12-10-31)24(25-28-29-30-33(25)8-7-18-5-3-2-4-6-18)20-15-19-16-22-23(36-14-13-35-22)17-21(19)27-26(20)34/h2-6,15-17,24H,7-14H2,1H3,(H,27,34)/t24-/m0/s1. The van der Waals surface area contributed by atoms with Crippen LogP contribution in [0.25, 0.3) is 10.9 Å². The van der Waals surface area contributed by atoms with Crippen LogP contribution in [0.4, 0.5) is 0 Å². The maximum atomic E-state index is 13.5. The Morgan fingerprint density at radius 3 is 2.53 bits per heavy atom. The first kappa shape index (κ1) is 22.7. The second-order valence-corrected chi connectivity index (χ2v) is 9.37. The number of benzene rings is 2. The van der Waals surface area contributed by atoms with E-state index in [-0.39, 0.29) is 11.6 Å². The Morgan fingerprint density at radius 1 is 1.00 bits per heavy atom. The molecule has 4 heterocycles. The molecule has 4 aromatic rings. The van der Waals surface area contributed by atoms with Crippen molar-refractivity contribution in [3.05, 3.63) is 75.8 Å². The third-order valence-corrected chi connectivity index (χ3v) is 6.99. The Hall–Kier alpha value is -3.76. The van der Waals surface area contributed by atoms with Gasteiger partial charge in [0.05, 0.1) is 5.52 Å². The maximum absolute atomic E-state index is 13.5. The van der Waals surface area contributed by atoms with Crippen LogP contribution in [0.1, 0.15) is 23.0 Å². The van der Waals surface area contributed by atoms with Crippen molar-refractivity contribution in [1.29, 1.82) is 0 Å². The molecule has 10 heteroatoms. The molecule has 186 valence electrons. The maximum Gasteiger partial charge on any atom is 0.253 e. The van der Waals surface area contributed by atoms with E-state index in [9.17, 15) is 4.79 Å². The number of tetrazole rings is 1. The predicted octanol–water partition coefficient (Wildman–Crippen LogP) is 1.87. The van der Waals surface area contributed by atoms with Crippen LogP contribution in [0.5, 0.6) is 11.5 Å². The van der Waals surface area contributed by atoms with Crippen LogP contribution in [0.3, 0.4) is 0 Å². The van der Waals surface area contributed by atoms with E-state index in [1.807, 2.05) is 41.1 Å². The number of hydrogen-bond donors (Lipinski definition) is 1. The number of H-pyrrole nitrogens is 1. The minimum absolute atomic E-state index is 0.152. The molecular formula is C26H29N7O3. The Morgan fingerprint density at radius 2 is 1.75 bits per heavy atom. The molecule has 10 nitrogen and oxygen atoms in total. The Bertz CT molecular complexity index is 1410. The van der Waals surface area contributed by atoms with Gasteiger partial charge in [-0.15, -0.1) is 5.10 Å². The summed E-state index contributed by atoms with van der Waals surface area (Å²) in [7, 11) is 2.12. The zero-order chi connectivity index (χ0) is 24.5. The van der Waals surface area contributed by atoms with Gasteiger partial charge in [-0.2, -0.15) is 0 Å². The number of pyridine rings is 1. The van der Waals surface area contributed by atoms with Crippen LogP contribution in [0.15, 0.2) is 53.3 Å². The van der Waals surface area contributed by atoms with E-state index in [4.69, 9.17) is 9.47 Å². The van der Waals surface area contributed by atoms with Crippen molar-refractivity contribution in [3.8, 4) is 11.5 Å². The number of aromatic nitrogens is 5. The lowest BCUT2D eigenvalue weighted by molar-refractivity contribution is 0.121. The van der Waals surface area contributed by atoms with Crippen LogP contribution in [-0.2, 0) is 13.0 Å². The number of likely N-dealkylation sites (N-methyl/N-ethyl adjacent to an activating group) is 1. The van der Waals surface area contributed by atoms with Crippen LogP contribution < -0.4 is 15.0 Å². The van der Waals surface area contributed by atoms with Crippen molar-refractivity contribution in [3.63, 3.8) is 0 Å². The van der Waals surface area contributed by atoms with E-state index in [1.54, 1.807) is 0 Å². The van der Waals surface area contributed by atoms with Gasteiger partial charge in [-0.25, -0.2) is 4.68 Å². The molecule has 0 radical (unpaired) electrons. The summed E-state index contributed by atoms with van der Waals surface area (Å²) < 4.78 is 13.3. The first-order chi connectivity index (χ1) is 17.7. The molecule has 0 amide bonds. The smallest absolute Gasteiger partial charge is 0.253 e. The van der Waals surface area contributed by atoms with Gasteiger partial charge < -0.3 is 19.4 Å². The molecule has 1 saturated heterocycles. The topological polar surface area (TPSA) is 101 Å². The molecule has 2 aromatic heterocycles. The van der Waals surface area contributed by atoms with Crippen molar-refractivity contribution in [2.45, 2.75) is 19.0 Å². The van der Waals surface area contributed by atoms with Gasteiger partial charge in [-0.3, -0.25) is 9.69 Å². The molecule has 1 fully saturated rings. The second-order valence-electron chi connectivity index (χ2n) is 9.37. The number of nitrogens with zero attached hydrogens (tertiary/aromatic N) is 6. The number of ether oxygens (including phenoxy) is 2. The molecule has 6 rings (SSSR count). The van der Waals surface area contributed by atoms with E-state index in [1.165, 1.54) is 5.56 Å². The molecule has 0 unspecified atom stereocenters. The molecule has 36 heavy (non-hydrogen) atoms. The minimum Gasteiger partial charge on any atom is -0.486 e. The number of aryl methyl sites for hydroxylation is 2. The second kappa shape index (κ2) is 9.71. The molecule has 2 aliphatic heterocycles. The van der Waals surface area contributed by atoms with Gasteiger partial charge in [0.1, 0.15) is 19.3 Å². The highest BCUT2D eigenvalue weighted by Crippen LogP contribution is 2.35. The average molecular weight is 488 g/mol. The fourth-order valence-corrected chi connectivity index (χ4v) is 4.99. The Kier molecular flexibility index (Phi) is 6.12. The first-order valence-electron chi connectivity index (χ1n) is 12.3. The van der Waals surface area contributed by atoms with Gasteiger partial charge in [0.25, 0.3) is 5.56 Å². The van der Waals surface area contributed by atoms with E-state index in [0.717, 1.165) is 38.0 Å². The SMILES string of the molecule is CN1CCN([C@@H](c2cc3cc4c(cc3[nH]c2=O)OCCO4)c2nnnn2CCc2ccccc2)CC1. The van der Waals surface area contributed by atoms with Gasteiger partial charge >= 0.3 is 0 Å². The number of hydrogen-bond acceptors (Lipinski definition) is 8. The number of rotatable bonds is 6. The summed E-state index contributed by atoms with van der Waals surface area (Å²) in [5.74, 6) is 2.02. The quantitative estimate of drug-likeness (QED) is 0.440. The normalized spacial score (nSPS) is 17.4. The monoisotopic (exact) mass is 487 g/mol. The summed E-state index contributed by atoms with van der Waals surface area (Å²) >= 11 is 0. The highest BCUT2D eigenvalue weighted by Gasteiger charge is 2.32. The zero-order valence-electron chi connectivity index (χ0n) is 20.3. The third kappa shape index (κ3) is 4.45. The van der Waals surface area contributed by atoms with Gasteiger partial charge in [-0.05, 0) is 41.6 Å². The van der Waals surface area contributed by atoms with Gasteiger partial charge in [0.2, 0.25) is 0 Å². The number of nitrogens with one attached hydrogen (secondary N) is 1. The molecule has 2 aromatic carbocycles. The van der Waals surface area contributed by atoms with Crippen LogP contribution in [0.2, 0.25) is 0 Å². The fourth-order valence-electron chi connectivity index (χ4n) is 4.99. The molecule has 0 spiro atoms. The van der Waals surface area contributed by atoms with Crippen molar-refractivity contribution in [1.82, 2.24) is 35.0 Å². The van der Waals surface area contributed by atoms with Crippen molar-refractivity contribution in [2.24, 2.45) is 0 Å². The highest BCUT2D eigenvalue weighted by atomic mass is 16.6. The van der Waals surface area contributed by atoms with E-state index < -0.39 is 0 Å². The summed E-state index contributed by atoms with van der Waals surface area (Å²) in [6.45, 7) is 5.07. The summed E-state index contributed by atoms with van der Waals surface area (Å²) in [4.78, 5) is 21.2. The molecule has 0 bridgehead atoms. The van der Waals surface area contributed by atoms with Gasteiger partial charge in [-0.1, -0.05) is 30.3 Å². The zero-order valence-corrected chi connectivity index (χ0v) is 20.3. The molecule has 2 aliphatic rings. The molecule has 1 N–H and O–H groups in total. The summed E-state index contributed by atoms with van der Waals surface area (Å²) in [6.07, 6.45) is 0.798. The van der Waals surface area contributed by atoms with Gasteiger partial charge in [0, 0.05) is 49.7 Å². The molecule has 0 saturated carbocycles. The van der Waals surface area contributed by atoms with Crippen molar-refractivity contribution < 1.29 is 9.47 Å². The lowest BCUT2D eigenvalue weighted by Gasteiger charge is -2.37. The van der Waals surface area contributed by atoms with Crippen molar-refractivity contribution in [2.75, 3.05) is 46.4 Å². The predicted molar refractivity (Wildman–Crippen MR) is 134 cm³/mol. The number of piperazine rings is 1. The summed E-state index contributed by atoms with van der Waals surface area (Å²) in [5.41, 5.74) is 2.40. The van der Waals surface area contributed by atoms with E-state index in [0.29, 0.717) is 48.2 Å². The first-order valence-corrected chi connectivity index (χ1v) is 12.3. The molecule has 0 aliphatic carbocycles. The van der Waals surface area contributed by atoms with Gasteiger partial charge in [0.15, 0.2) is 17.3 Å². The van der Waals surface area contributed by atoms with Crippen LogP contribution >= 0.6 is 0 Å². The molecular weight excluding hydrogens is 458 g/mol.